The van der Waals surface area contributed by atoms with Gasteiger partial charge in [0.05, 0.1) is 13.0 Å². The highest BCUT2D eigenvalue weighted by atomic mass is 16.5. The van der Waals surface area contributed by atoms with Crippen LogP contribution in [-0.4, -0.2) is 35.0 Å². The van der Waals surface area contributed by atoms with Crippen molar-refractivity contribution >= 4 is 11.9 Å². The van der Waals surface area contributed by atoms with Crippen LogP contribution in [0.4, 0.5) is 0 Å². The molecule has 112 valence electrons. The molecule has 0 saturated carbocycles. The molecule has 0 aliphatic carbocycles. The fourth-order valence-electron chi connectivity index (χ4n) is 3.51. The highest BCUT2D eigenvalue weighted by molar-refractivity contribution is 5.99. The van der Waals surface area contributed by atoms with Gasteiger partial charge in [-0.05, 0) is 25.8 Å². The summed E-state index contributed by atoms with van der Waals surface area (Å²) in [6, 6.07) is 7.11. The topological polar surface area (TPSA) is 66.8 Å². The SMILES string of the molecule is CCOC(=O)C[C@H]1CCCN2C(=O)c3ccccc3[C@@]12O. The number of hydrogen-bond donors (Lipinski definition) is 1. The standard InChI is InChI=1S/C16H19NO4/c1-2-21-14(18)10-11-6-5-9-17-15(19)12-7-3-4-8-13(12)16(11,17)20/h3-4,7-8,11,20H,2,5-6,9-10H2,1H3/t11-,16+/m1/s1. The molecule has 0 unspecified atom stereocenters. The normalized spacial score (nSPS) is 27.2. The van der Waals surface area contributed by atoms with Crippen LogP contribution in [0, 0.1) is 5.92 Å². The third kappa shape index (κ3) is 2.03. The Labute approximate surface area is 123 Å². The molecular weight excluding hydrogens is 270 g/mol. The lowest BCUT2D eigenvalue weighted by Crippen LogP contribution is -2.53. The van der Waals surface area contributed by atoms with Crippen LogP contribution < -0.4 is 0 Å². The monoisotopic (exact) mass is 289 g/mol. The fraction of sp³-hybridized carbons (Fsp3) is 0.500. The van der Waals surface area contributed by atoms with Crippen molar-refractivity contribution in [2.24, 2.45) is 5.92 Å². The van der Waals surface area contributed by atoms with Crippen molar-refractivity contribution in [2.75, 3.05) is 13.2 Å². The molecule has 1 fully saturated rings. The summed E-state index contributed by atoms with van der Waals surface area (Å²) >= 11 is 0. The molecule has 0 radical (unpaired) electrons. The average molecular weight is 289 g/mol. The minimum atomic E-state index is -1.38. The van der Waals surface area contributed by atoms with Gasteiger partial charge < -0.3 is 14.7 Å². The number of hydrogen-bond acceptors (Lipinski definition) is 4. The van der Waals surface area contributed by atoms with Gasteiger partial charge in [0.25, 0.3) is 5.91 Å². The molecule has 2 heterocycles. The quantitative estimate of drug-likeness (QED) is 0.859. The smallest absolute Gasteiger partial charge is 0.306 e. The highest BCUT2D eigenvalue weighted by Crippen LogP contribution is 2.47. The van der Waals surface area contributed by atoms with E-state index < -0.39 is 5.72 Å². The maximum atomic E-state index is 12.4. The summed E-state index contributed by atoms with van der Waals surface area (Å²) in [5.74, 6) is -0.797. The number of esters is 1. The van der Waals surface area contributed by atoms with E-state index in [0.717, 1.165) is 6.42 Å². The van der Waals surface area contributed by atoms with Gasteiger partial charge in [-0.1, -0.05) is 18.2 Å². The van der Waals surface area contributed by atoms with Gasteiger partial charge in [0.1, 0.15) is 0 Å². The Bertz CT molecular complexity index is 585. The van der Waals surface area contributed by atoms with Gasteiger partial charge in [0.2, 0.25) is 0 Å². The molecular formula is C16H19NO4. The maximum absolute atomic E-state index is 12.4. The Morgan fingerprint density at radius 1 is 1.48 bits per heavy atom. The van der Waals surface area contributed by atoms with E-state index >= 15 is 0 Å². The molecule has 5 heteroatoms. The van der Waals surface area contributed by atoms with Crippen LogP contribution in [0.25, 0.3) is 0 Å². The maximum Gasteiger partial charge on any atom is 0.306 e. The Hall–Kier alpha value is -1.88. The van der Waals surface area contributed by atoms with Crippen LogP contribution in [-0.2, 0) is 15.3 Å². The van der Waals surface area contributed by atoms with Gasteiger partial charge in [-0.3, -0.25) is 9.59 Å². The molecule has 5 nitrogen and oxygen atoms in total. The van der Waals surface area contributed by atoms with E-state index in [1.807, 2.05) is 6.07 Å². The number of carbonyl (C=O) groups is 2. The fourth-order valence-corrected chi connectivity index (χ4v) is 3.51. The van der Waals surface area contributed by atoms with E-state index in [2.05, 4.69) is 0 Å². The van der Waals surface area contributed by atoms with Gasteiger partial charge in [0, 0.05) is 23.6 Å². The largest absolute Gasteiger partial charge is 0.466 e. The summed E-state index contributed by atoms with van der Waals surface area (Å²) in [6.45, 7) is 2.60. The number of rotatable bonds is 3. The zero-order valence-electron chi connectivity index (χ0n) is 12.0. The van der Waals surface area contributed by atoms with Gasteiger partial charge in [-0.2, -0.15) is 0 Å². The van der Waals surface area contributed by atoms with Gasteiger partial charge >= 0.3 is 5.97 Å². The first kappa shape index (κ1) is 14.1. The average Bonchev–Trinajstić information content (AvgIpc) is 2.71. The molecule has 1 amide bonds. The van der Waals surface area contributed by atoms with E-state index in [1.165, 1.54) is 4.90 Å². The summed E-state index contributed by atoms with van der Waals surface area (Å²) in [5.41, 5.74) is -0.224. The van der Waals surface area contributed by atoms with Crippen molar-refractivity contribution in [3.63, 3.8) is 0 Å². The molecule has 1 aromatic carbocycles. The second-order valence-corrected chi connectivity index (χ2v) is 5.58. The number of carbonyl (C=O) groups excluding carboxylic acids is 2. The van der Waals surface area contributed by atoms with Gasteiger partial charge in [-0.15, -0.1) is 0 Å². The molecule has 2 atom stereocenters. The summed E-state index contributed by atoms with van der Waals surface area (Å²) in [5, 5.41) is 11.2. The first-order valence-corrected chi connectivity index (χ1v) is 7.38. The van der Waals surface area contributed by atoms with Crippen molar-refractivity contribution in [1.82, 2.24) is 4.90 Å². The number of fused-ring (bicyclic) bond motifs is 3. The van der Waals surface area contributed by atoms with Crippen molar-refractivity contribution in [3.05, 3.63) is 35.4 Å². The molecule has 1 aromatic rings. The number of amides is 1. The van der Waals surface area contributed by atoms with E-state index in [-0.39, 0.29) is 24.2 Å². The lowest BCUT2D eigenvalue weighted by molar-refractivity contribution is -0.167. The minimum absolute atomic E-state index is 0.127. The summed E-state index contributed by atoms with van der Waals surface area (Å²) < 4.78 is 5.00. The van der Waals surface area contributed by atoms with Crippen molar-refractivity contribution in [3.8, 4) is 0 Å². The predicted molar refractivity (Wildman–Crippen MR) is 75.3 cm³/mol. The number of benzene rings is 1. The van der Waals surface area contributed by atoms with Crippen molar-refractivity contribution < 1.29 is 19.4 Å². The number of ether oxygens (including phenoxy) is 1. The molecule has 2 aliphatic rings. The van der Waals surface area contributed by atoms with E-state index in [1.54, 1.807) is 25.1 Å². The third-order valence-corrected chi connectivity index (χ3v) is 4.43. The molecule has 2 aliphatic heterocycles. The van der Waals surface area contributed by atoms with Crippen LogP contribution in [0.2, 0.25) is 0 Å². The molecule has 0 spiro atoms. The zero-order valence-corrected chi connectivity index (χ0v) is 12.0. The van der Waals surface area contributed by atoms with Crippen molar-refractivity contribution in [1.29, 1.82) is 0 Å². The molecule has 0 aromatic heterocycles. The highest BCUT2D eigenvalue weighted by Gasteiger charge is 2.55. The summed E-state index contributed by atoms with van der Waals surface area (Å²) in [6.07, 6.45) is 1.61. The second kappa shape index (κ2) is 5.15. The molecule has 1 saturated heterocycles. The zero-order chi connectivity index (χ0) is 15.0. The number of aliphatic hydroxyl groups is 1. The number of piperidine rings is 1. The first-order valence-electron chi connectivity index (χ1n) is 7.38. The summed E-state index contributed by atoms with van der Waals surface area (Å²) in [4.78, 5) is 25.7. The number of nitrogens with zero attached hydrogens (tertiary/aromatic N) is 1. The molecule has 21 heavy (non-hydrogen) atoms. The van der Waals surface area contributed by atoms with Crippen LogP contribution in [0.5, 0.6) is 0 Å². The first-order chi connectivity index (χ1) is 10.1. The Kier molecular flexibility index (Phi) is 3.45. The van der Waals surface area contributed by atoms with E-state index in [0.29, 0.717) is 30.7 Å². The Balaban J connectivity index is 1.97. The lowest BCUT2D eigenvalue weighted by atomic mass is 9.80. The van der Waals surface area contributed by atoms with Gasteiger partial charge in [-0.25, -0.2) is 0 Å². The molecule has 3 rings (SSSR count). The van der Waals surface area contributed by atoms with Crippen LogP contribution in [0.3, 0.4) is 0 Å². The minimum Gasteiger partial charge on any atom is -0.466 e. The molecule has 0 bridgehead atoms. The predicted octanol–water partition coefficient (Wildman–Crippen LogP) is 1.65. The Morgan fingerprint density at radius 2 is 2.24 bits per heavy atom. The Morgan fingerprint density at radius 3 is 3.00 bits per heavy atom. The van der Waals surface area contributed by atoms with Crippen molar-refractivity contribution in [2.45, 2.75) is 31.9 Å². The third-order valence-electron chi connectivity index (χ3n) is 4.43. The van der Waals surface area contributed by atoms with Crippen LogP contribution in [0.1, 0.15) is 42.1 Å². The van der Waals surface area contributed by atoms with Crippen LogP contribution >= 0.6 is 0 Å². The van der Waals surface area contributed by atoms with E-state index in [9.17, 15) is 14.7 Å². The van der Waals surface area contributed by atoms with Gasteiger partial charge in [0.15, 0.2) is 5.72 Å². The lowest BCUT2D eigenvalue weighted by Gasteiger charge is -2.44. The summed E-state index contributed by atoms with van der Waals surface area (Å²) in [7, 11) is 0. The van der Waals surface area contributed by atoms with E-state index in [4.69, 9.17) is 4.74 Å². The molecule has 1 N–H and O–H groups in total. The van der Waals surface area contributed by atoms with Crippen LogP contribution in [0.15, 0.2) is 24.3 Å². The second-order valence-electron chi connectivity index (χ2n) is 5.58.